The molecule has 0 bridgehead atoms. The molecule has 3 fully saturated rings. The van der Waals surface area contributed by atoms with E-state index in [4.69, 9.17) is 0 Å². The Bertz CT molecular complexity index is 870. The number of nitrogens with zero attached hydrogens (tertiary/aromatic N) is 4. The van der Waals surface area contributed by atoms with Gasteiger partial charge in [0.25, 0.3) is 22.4 Å². The van der Waals surface area contributed by atoms with Gasteiger partial charge in [0.05, 0.1) is 11.1 Å². The first kappa shape index (κ1) is 20.1. The Morgan fingerprint density at radius 1 is 1.34 bits per heavy atom. The molecule has 0 aliphatic carbocycles. The molecule has 3 atom stereocenters. The van der Waals surface area contributed by atoms with E-state index >= 15 is 0 Å². The van der Waals surface area contributed by atoms with Gasteiger partial charge in [-0.25, -0.2) is 14.8 Å². The van der Waals surface area contributed by atoms with Crippen molar-refractivity contribution in [2.24, 2.45) is 4.99 Å². The molecule has 0 spiro atoms. The van der Waals surface area contributed by atoms with Gasteiger partial charge in [-0.1, -0.05) is 11.8 Å². The van der Waals surface area contributed by atoms with Gasteiger partial charge < -0.3 is 30.3 Å². The standard InChI is InChI=1S/C17H23N5O6S/c1-14(2)16(27,13(24)25)22-12(23)15(26,17(22,28)29-14)20-9-21-7-3-10(4-8-21)11-18-5-6-19-11/h5-6,9-10,26-28H,3-4,7-8H2,1-2H3,(H,18,19)(H,24,25)/t15?,16-,17?/m0/s1. The van der Waals surface area contributed by atoms with Gasteiger partial charge in [-0.15, -0.1) is 0 Å². The van der Waals surface area contributed by atoms with Gasteiger partial charge in [-0.2, -0.15) is 0 Å². The van der Waals surface area contributed by atoms with Crippen molar-refractivity contribution in [1.82, 2.24) is 19.8 Å². The Hall–Kier alpha value is -2.15. The van der Waals surface area contributed by atoms with Gasteiger partial charge >= 0.3 is 5.97 Å². The number of carbonyl (C=O) groups excluding carboxylic acids is 1. The number of β-lactam (4-membered cyclic amide) rings is 1. The number of fused-ring (bicyclic) bond motifs is 1. The number of carboxylic acids is 1. The van der Waals surface area contributed by atoms with Crippen molar-refractivity contribution in [3.8, 4) is 0 Å². The van der Waals surface area contributed by atoms with Crippen LogP contribution in [0.25, 0.3) is 0 Å². The van der Waals surface area contributed by atoms with Crippen molar-refractivity contribution >= 4 is 30.0 Å². The lowest BCUT2D eigenvalue weighted by molar-refractivity contribution is -0.288. The van der Waals surface area contributed by atoms with Crippen molar-refractivity contribution in [1.29, 1.82) is 0 Å². The number of aliphatic carboxylic acids is 1. The average molecular weight is 425 g/mol. The van der Waals surface area contributed by atoms with Crippen LogP contribution in [0, 0.1) is 0 Å². The van der Waals surface area contributed by atoms with E-state index < -0.39 is 33.1 Å². The number of carbonyl (C=O) groups is 2. The maximum absolute atomic E-state index is 12.6. The van der Waals surface area contributed by atoms with Gasteiger partial charge in [0, 0.05) is 31.4 Å². The summed E-state index contributed by atoms with van der Waals surface area (Å²) in [5, 5.41) is 39.4. The normalized spacial score (nSPS) is 37.1. The van der Waals surface area contributed by atoms with E-state index in [9.17, 15) is 30.0 Å². The predicted octanol–water partition coefficient (Wildman–Crippen LogP) is -0.907. The third-order valence-corrected chi connectivity index (χ3v) is 7.51. The number of amides is 1. The highest BCUT2D eigenvalue weighted by molar-refractivity contribution is 8.02. The molecular weight excluding hydrogens is 402 g/mol. The molecule has 4 heterocycles. The third kappa shape index (κ3) is 2.49. The van der Waals surface area contributed by atoms with Crippen LogP contribution in [0.3, 0.4) is 0 Å². The number of likely N-dealkylation sites (tertiary alicyclic amines) is 1. The first-order valence-corrected chi connectivity index (χ1v) is 10.0. The van der Waals surface area contributed by atoms with Crippen LogP contribution in [0.4, 0.5) is 0 Å². The van der Waals surface area contributed by atoms with Crippen molar-refractivity contribution < 1.29 is 30.0 Å². The maximum Gasteiger partial charge on any atom is 0.359 e. The number of rotatable bonds is 4. The monoisotopic (exact) mass is 425 g/mol. The minimum absolute atomic E-state index is 0.277. The van der Waals surface area contributed by atoms with Gasteiger partial charge in [0.1, 0.15) is 5.82 Å². The fourth-order valence-corrected chi connectivity index (χ4v) is 5.78. The molecule has 158 valence electrons. The predicted molar refractivity (Wildman–Crippen MR) is 102 cm³/mol. The van der Waals surface area contributed by atoms with Gasteiger partial charge in [-0.3, -0.25) is 9.69 Å². The molecule has 12 heteroatoms. The molecule has 0 radical (unpaired) electrons. The average Bonchev–Trinajstić information content (AvgIpc) is 3.24. The number of aliphatic hydroxyl groups is 3. The van der Waals surface area contributed by atoms with E-state index in [1.165, 1.54) is 20.2 Å². The zero-order valence-corrected chi connectivity index (χ0v) is 16.8. The first-order valence-electron chi connectivity index (χ1n) is 9.21. The summed E-state index contributed by atoms with van der Waals surface area (Å²) < 4.78 is -1.48. The highest BCUT2D eigenvalue weighted by Gasteiger charge is 2.86. The van der Waals surface area contributed by atoms with Gasteiger partial charge in [0.15, 0.2) is 0 Å². The molecule has 5 N–H and O–H groups in total. The maximum atomic E-state index is 12.6. The summed E-state index contributed by atoms with van der Waals surface area (Å²) in [6.07, 6.45) is 6.36. The SMILES string of the molecule is CC1(C)SC2(O)N(C(=O)C2(O)N=CN2CCC(c3ncc[nH]3)CC2)[C@]1(O)C(=O)O. The fourth-order valence-electron chi connectivity index (χ4n) is 4.16. The van der Waals surface area contributed by atoms with Gasteiger partial charge in [0.2, 0.25) is 0 Å². The van der Waals surface area contributed by atoms with E-state index in [0.717, 1.165) is 18.7 Å². The van der Waals surface area contributed by atoms with Crippen LogP contribution < -0.4 is 0 Å². The minimum atomic E-state index is -2.67. The number of thioether (sulfide) groups is 1. The Morgan fingerprint density at radius 3 is 2.55 bits per heavy atom. The molecule has 1 aromatic heterocycles. The molecular formula is C17H23N5O6S. The summed E-state index contributed by atoms with van der Waals surface area (Å²) in [6, 6.07) is 0. The molecule has 1 aromatic rings. The highest BCUT2D eigenvalue weighted by Crippen LogP contribution is 2.64. The van der Waals surface area contributed by atoms with Crippen molar-refractivity contribution in [3.05, 3.63) is 18.2 Å². The van der Waals surface area contributed by atoms with Crippen LogP contribution >= 0.6 is 11.8 Å². The van der Waals surface area contributed by atoms with E-state index in [0.29, 0.717) is 29.8 Å². The van der Waals surface area contributed by atoms with Crippen LogP contribution in [0.15, 0.2) is 17.4 Å². The van der Waals surface area contributed by atoms with Crippen molar-refractivity contribution in [2.45, 2.75) is 53.9 Å². The Labute approximate surface area is 170 Å². The van der Waals surface area contributed by atoms with E-state index in [-0.39, 0.29) is 5.92 Å². The Kier molecular flexibility index (Phi) is 4.29. The summed E-state index contributed by atoms with van der Waals surface area (Å²) in [5.74, 6) is -1.66. The zero-order chi connectivity index (χ0) is 21.2. The van der Waals surface area contributed by atoms with Crippen LogP contribution in [0.2, 0.25) is 0 Å². The van der Waals surface area contributed by atoms with Crippen LogP contribution in [0.1, 0.15) is 38.4 Å². The van der Waals surface area contributed by atoms with E-state index in [2.05, 4.69) is 15.0 Å². The molecule has 11 nitrogen and oxygen atoms in total. The Morgan fingerprint density at radius 2 is 2.00 bits per heavy atom. The number of hydrogen-bond acceptors (Lipinski definition) is 8. The quantitative estimate of drug-likeness (QED) is 0.233. The number of hydrogen-bond donors (Lipinski definition) is 5. The molecule has 3 aliphatic heterocycles. The van der Waals surface area contributed by atoms with Crippen LogP contribution in [-0.4, -0.2) is 92.8 Å². The summed E-state index contributed by atoms with van der Waals surface area (Å²) in [6.45, 7) is 3.97. The molecule has 4 rings (SSSR count). The summed E-state index contributed by atoms with van der Waals surface area (Å²) in [4.78, 5) is 37.7. The molecule has 0 aromatic carbocycles. The molecule has 29 heavy (non-hydrogen) atoms. The molecule has 3 saturated heterocycles. The topological polar surface area (TPSA) is 163 Å². The highest BCUT2D eigenvalue weighted by atomic mass is 32.2. The molecule has 2 unspecified atom stereocenters. The second-order valence-electron chi connectivity index (χ2n) is 8.04. The number of aliphatic imine (C=N–C) groups is 1. The van der Waals surface area contributed by atoms with Crippen molar-refractivity contribution in [3.63, 3.8) is 0 Å². The summed E-state index contributed by atoms with van der Waals surface area (Å²) in [5.41, 5.74) is -5.25. The lowest BCUT2D eigenvalue weighted by atomic mass is 9.89. The number of aromatic amines is 1. The molecule has 0 saturated carbocycles. The van der Waals surface area contributed by atoms with E-state index in [1.54, 1.807) is 12.4 Å². The number of carboxylic acid groups (broad SMARTS) is 1. The summed E-state index contributed by atoms with van der Waals surface area (Å²) >= 11 is 0.586. The first-order chi connectivity index (χ1) is 13.5. The minimum Gasteiger partial charge on any atom is -0.478 e. The van der Waals surface area contributed by atoms with Crippen LogP contribution in [-0.2, 0) is 9.59 Å². The third-order valence-electron chi connectivity index (χ3n) is 5.96. The Balaban J connectivity index is 1.50. The van der Waals surface area contributed by atoms with E-state index in [1.807, 2.05) is 4.90 Å². The number of nitrogens with one attached hydrogen (secondary N) is 1. The second kappa shape index (κ2) is 6.17. The lowest BCUT2D eigenvalue weighted by Crippen LogP contribution is -2.83. The fraction of sp³-hybridized carbons (Fsp3) is 0.647. The van der Waals surface area contributed by atoms with Gasteiger partial charge in [-0.05, 0) is 26.7 Å². The lowest BCUT2D eigenvalue weighted by Gasteiger charge is -2.54. The van der Waals surface area contributed by atoms with Crippen molar-refractivity contribution in [2.75, 3.05) is 13.1 Å². The molecule has 1 amide bonds. The largest absolute Gasteiger partial charge is 0.478 e. The smallest absolute Gasteiger partial charge is 0.359 e. The second-order valence-corrected chi connectivity index (χ2v) is 9.83. The number of imidazole rings is 1. The van der Waals surface area contributed by atoms with Crippen LogP contribution in [0.5, 0.6) is 0 Å². The number of H-pyrrole nitrogens is 1. The summed E-state index contributed by atoms with van der Waals surface area (Å²) in [7, 11) is 0. The zero-order valence-electron chi connectivity index (χ0n) is 15.9. The molecule has 3 aliphatic rings. The number of piperidine rings is 1. The number of aromatic nitrogens is 2.